The molecule has 0 spiro atoms. The van der Waals surface area contributed by atoms with Gasteiger partial charge in [0, 0.05) is 18.0 Å². The Balaban J connectivity index is 2.07. The minimum Gasteiger partial charge on any atom is -0.497 e. The fourth-order valence-electron chi connectivity index (χ4n) is 3.30. The molecular formula is C22H22N4OS. The Morgan fingerprint density at radius 2 is 1.93 bits per heavy atom. The Morgan fingerprint density at radius 1 is 1.07 bits per heavy atom. The zero-order chi connectivity index (χ0) is 19.7. The summed E-state index contributed by atoms with van der Waals surface area (Å²) in [6.45, 7) is 4.21. The fourth-order valence-corrected chi connectivity index (χ4v) is 3.86. The number of aryl methyl sites for hydroxylation is 2. The minimum absolute atomic E-state index is 0.813. The van der Waals surface area contributed by atoms with Crippen molar-refractivity contribution < 1.29 is 4.74 Å². The van der Waals surface area contributed by atoms with Gasteiger partial charge in [0.05, 0.1) is 24.8 Å². The lowest BCUT2D eigenvalue weighted by Crippen LogP contribution is -2.03. The molecular weight excluding hydrogens is 368 g/mol. The number of ether oxygens (including phenoxy) is 1. The van der Waals surface area contributed by atoms with E-state index in [1.54, 1.807) is 25.1 Å². The van der Waals surface area contributed by atoms with Crippen molar-refractivity contribution >= 4 is 11.8 Å². The predicted molar refractivity (Wildman–Crippen MR) is 114 cm³/mol. The van der Waals surface area contributed by atoms with Crippen molar-refractivity contribution in [2.24, 2.45) is 0 Å². The van der Waals surface area contributed by atoms with Gasteiger partial charge in [-0.3, -0.25) is 0 Å². The lowest BCUT2D eigenvalue weighted by Gasteiger charge is -2.14. The van der Waals surface area contributed by atoms with Gasteiger partial charge < -0.3 is 9.30 Å². The maximum atomic E-state index is 5.47. The minimum atomic E-state index is 0.813. The maximum Gasteiger partial charge on any atom is 0.143 e. The first-order chi connectivity index (χ1) is 13.6. The van der Waals surface area contributed by atoms with Crippen LogP contribution in [0.15, 0.2) is 66.2 Å². The average Bonchev–Trinajstić information content (AvgIpc) is 3.37. The van der Waals surface area contributed by atoms with Crippen LogP contribution in [-0.4, -0.2) is 32.7 Å². The number of methoxy groups -OCH3 is 1. The number of nitrogens with zero attached hydrogens (tertiary/aromatic N) is 4. The van der Waals surface area contributed by atoms with E-state index < -0.39 is 0 Å². The van der Waals surface area contributed by atoms with E-state index in [1.807, 2.05) is 46.2 Å². The molecule has 5 nitrogen and oxygen atoms in total. The van der Waals surface area contributed by atoms with Crippen molar-refractivity contribution in [1.29, 1.82) is 0 Å². The Kier molecular flexibility index (Phi) is 4.96. The standard InChI is InChI=1S/C22H22N4OS/c1-15-8-9-16(2)19(12-15)26-20(17-6-5-7-18(13-17)27-3)21(22(24-26)28-4)25-11-10-23-14-25/h5-14H,1-4H3. The predicted octanol–water partition coefficient (Wildman–Crippen LogP) is 5.07. The second-order valence-corrected chi connectivity index (χ2v) is 7.41. The van der Waals surface area contributed by atoms with Crippen LogP contribution in [0, 0.1) is 13.8 Å². The van der Waals surface area contributed by atoms with E-state index in [0.29, 0.717) is 0 Å². The van der Waals surface area contributed by atoms with Crippen LogP contribution in [0.5, 0.6) is 5.75 Å². The molecule has 4 aromatic rings. The summed E-state index contributed by atoms with van der Waals surface area (Å²) in [4.78, 5) is 4.25. The van der Waals surface area contributed by atoms with E-state index >= 15 is 0 Å². The van der Waals surface area contributed by atoms with Crippen molar-refractivity contribution in [3.63, 3.8) is 0 Å². The van der Waals surface area contributed by atoms with Crippen LogP contribution in [-0.2, 0) is 0 Å². The molecule has 142 valence electrons. The number of aromatic nitrogens is 4. The molecule has 6 heteroatoms. The summed E-state index contributed by atoms with van der Waals surface area (Å²) in [5.74, 6) is 0.813. The van der Waals surface area contributed by atoms with Crippen LogP contribution in [0.3, 0.4) is 0 Å². The highest BCUT2D eigenvalue weighted by Gasteiger charge is 2.22. The first-order valence-electron chi connectivity index (χ1n) is 8.99. The molecule has 0 amide bonds. The van der Waals surface area contributed by atoms with E-state index in [9.17, 15) is 0 Å². The zero-order valence-corrected chi connectivity index (χ0v) is 17.2. The van der Waals surface area contributed by atoms with Gasteiger partial charge in [0.1, 0.15) is 16.5 Å². The number of hydrogen-bond acceptors (Lipinski definition) is 4. The smallest absolute Gasteiger partial charge is 0.143 e. The number of benzene rings is 2. The molecule has 0 bridgehead atoms. The Labute approximate surface area is 169 Å². The van der Waals surface area contributed by atoms with Crippen LogP contribution in [0.1, 0.15) is 11.1 Å². The van der Waals surface area contributed by atoms with Crippen molar-refractivity contribution in [2.45, 2.75) is 18.9 Å². The van der Waals surface area contributed by atoms with Gasteiger partial charge in [0.25, 0.3) is 0 Å². The molecule has 0 aliphatic heterocycles. The Bertz CT molecular complexity index is 1120. The third kappa shape index (κ3) is 3.20. The van der Waals surface area contributed by atoms with Crippen LogP contribution >= 0.6 is 11.8 Å². The molecule has 4 rings (SSSR count). The summed E-state index contributed by atoms with van der Waals surface area (Å²) >= 11 is 1.63. The van der Waals surface area contributed by atoms with Gasteiger partial charge in [-0.2, -0.15) is 5.10 Å². The molecule has 0 saturated carbocycles. The molecule has 2 heterocycles. The van der Waals surface area contributed by atoms with Crippen LogP contribution in [0.25, 0.3) is 22.6 Å². The van der Waals surface area contributed by atoms with Crippen LogP contribution < -0.4 is 4.74 Å². The van der Waals surface area contributed by atoms with Gasteiger partial charge >= 0.3 is 0 Å². The molecule has 0 unspecified atom stereocenters. The number of rotatable bonds is 5. The first kappa shape index (κ1) is 18.4. The van der Waals surface area contributed by atoms with Gasteiger partial charge in [-0.1, -0.05) is 24.3 Å². The topological polar surface area (TPSA) is 44.9 Å². The summed E-state index contributed by atoms with van der Waals surface area (Å²) in [5.41, 5.74) is 6.50. The second kappa shape index (κ2) is 7.56. The Morgan fingerprint density at radius 3 is 2.64 bits per heavy atom. The van der Waals surface area contributed by atoms with Crippen molar-refractivity contribution in [1.82, 2.24) is 19.3 Å². The molecule has 0 radical (unpaired) electrons. The lowest BCUT2D eigenvalue weighted by atomic mass is 10.1. The van der Waals surface area contributed by atoms with Crippen LogP contribution in [0.4, 0.5) is 0 Å². The number of imidazole rings is 1. The summed E-state index contributed by atoms with van der Waals surface area (Å²) in [6, 6.07) is 14.5. The van der Waals surface area contributed by atoms with Crippen molar-refractivity contribution in [3.8, 4) is 28.4 Å². The quantitative estimate of drug-likeness (QED) is 0.446. The van der Waals surface area contributed by atoms with Gasteiger partial charge in [-0.15, -0.1) is 11.8 Å². The van der Waals surface area contributed by atoms with Gasteiger partial charge in [0.2, 0.25) is 0 Å². The summed E-state index contributed by atoms with van der Waals surface area (Å²) in [6.07, 6.45) is 7.60. The van der Waals surface area contributed by atoms with E-state index in [0.717, 1.165) is 33.4 Å². The van der Waals surface area contributed by atoms with Crippen LogP contribution in [0.2, 0.25) is 0 Å². The highest BCUT2D eigenvalue weighted by molar-refractivity contribution is 7.98. The normalized spacial score (nSPS) is 11.0. The molecule has 0 aliphatic rings. The van der Waals surface area contributed by atoms with Gasteiger partial charge in [-0.05, 0) is 49.4 Å². The lowest BCUT2D eigenvalue weighted by molar-refractivity contribution is 0.415. The highest BCUT2D eigenvalue weighted by atomic mass is 32.2. The number of hydrogen-bond donors (Lipinski definition) is 0. The molecule has 0 fully saturated rings. The van der Waals surface area contributed by atoms with Crippen molar-refractivity contribution in [3.05, 3.63) is 72.3 Å². The maximum absolute atomic E-state index is 5.47. The van der Waals surface area contributed by atoms with E-state index in [4.69, 9.17) is 9.84 Å². The first-order valence-corrected chi connectivity index (χ1v) is 10.2. The van der Waals surface area contributed by atoms with E-state index in [2.05, 4.69) is 43.1 Å². The second-order valence-electron chi connectivity index (χ2n) is 6.61. The molecule has 28 heavy (non-hydrogen) atoms. The van der Waals surface area contributed by atoms with Gasteiger partial charge in [0.15, 0.2) is 0 Å². The summed E-state index contributed by atoms with van der Waals surface area (Å²) in [5, 5.41) is 5.92. The highest BCUT2D eigenvalue weighted by Crippen LogP contribution is 2.37. The molecule has 0 N–H and O–H groups in total. The largest absolute Gasteiger partial charge is 0.497 e. The third-order valence-corrected chi connectivity index (χ3v) is 5.38. The molecule has 2 aromatic heterocycles. The SMILES string of the molecule is COc1cccc(-c2c(-n3ccnc3)c(SC)nn2-c2cc(C)ccc2C)c1. The number of thioether (sulfide) groups is 1. The third-order valence-electron chi connectivity index (χ3n) is 4.72. The monoisotopic (exact) mass is 390 g/mol. The van der Waals surface area contributed by atoms with E-state index in [1.165, 1.54) is 11.1 Å². The molecule has 0 aliphatic carbocycles. The average molecular weight is 391 g/mol. The zero-order valence-electron chi connectivity index (χ0n) is 16.4. The summed E-state index contributed by atoms with van der Waals surface area (Å²) < 4.78 is 9.54. The Hall–Kier alpha value is -2.99. The molecule has 0 atom stereocenters. The fraction of sp³-hybridized carbons (Fsp3) is 0.182. The molecule has 2 aromatic carbocycles. The molecule has 0 saturated heterocycles. The summed E-state index contributed by atoms with van der Waals surface area (Å²) in [7, 11) is 1.69. The van der Waals surface area contributed by atoms with E-state index in [-0.39, 0.29) is 0 Å². The van der Waals surface area contributed by atoms with Crippen molar-refractivity contribution in [2.75, 3.05) is 13.4 Å². The van der Waals surface area contributed by atoms with Gasteiger partial charge in [-0.25, -0.2) is 9.67 Å².